The Hall–Kier alpha value is -0.930. The van der Waals surface area contributed by atoms with Crippen LogP contribution in [0.1, 0.15) is 29.2 Å². The maximum atomic E-state index is 4.58. The Labute approximate surface area is 90.5 Å². The number of rotatable bonds is 1. The summed E-state index contributed by atoms with van der Waals surface area (Å²) < 4.78 is 0. The Morgan fingerprint density at radius 1 is 1.47 bits per heavy atom. The Morgan fingerprint density at radius 3 is 3.20 bits per heavy atom. The van der Waals surface area contributed by atoms with Gasteiger partial charge in [0.2, 0.25) is 0 Å². The van der Waals surface area contributed by atoms with Crippen molar-refractivity contribution in [2.45, 2.75) is 25.4 Å². The summed E-state index contributed by atoms with van der Waals surface area (Å²) in [6.07, 6.45) is 3.34. The van der Waals surface area contributed by atoms with Crippen LogP contribution in [0.4, 0.5) is 0 Å². The van der Waals surface area contributed by atoms with Crippen LogP contribution in [-0.2, 0) is 13.1 Å². The van der Waals surface area contributed by atoms with Crippen molar-refractivity contribution in [1.29, 1.82) is 0 Å². The maximum absolute atomic E-state index is 4.58. The van der Waals surface area contributed by atoms with E-state index in [2.05, 4.69) is 34.5 Å². The first-order valence-corrected chi connectivity index (χ1v) is 5.70. The first kappa shape index (κ1) is 9.31. The molecule has 3 heterocycles. The van der Waals surface area contributed by atoms with Gasteiger partial charge in [-0.3, -0.25) is 9.88 Å². The van der Waals surface area contributed by atoms with Crippen molar-refractivity contribution in [3.63, 3.8) is 0 Å². The molecule has 0 spiro atoms. The molecule has 2 aliphatic heterocycles. The second-order valence-electron chi connectivity index (χ2n) is 4.74. The molecule has 3 nitrogen and oxygen atoms in total. The number of pyridine rings is 1. The van der Waals surface area contributed by atoms with E-state index in [1.807, 2.05) is 0 Å². The highest BCUT2D eigenvalue weighted by Crippen LogP contribution is 2.26. The lowest BCUT2D eigenvalue weighted by Crippen LogP contribution is -2.08. The molecule has 3 heteroatoms. The van der Waals surface area contributed by atoms with Crippen LogP contribution in [-0.4, -0.2) is 30.0 Å². The first-order chi connectivity index (χ1) is 7.33. The lowest BCUT2D eigenvalue weighted by atomic mass is 9.98. The highest BCUT2D eigenvalue weighted by molar-refractivity contribution is 5.30. The summed E-state index contributed by atoms with van der Waals surface area (Å²) in [4.78, 5) is 6.90. The lowest BCUT2D eigenvalue weighted by molar-refractivity contribution is 0.351. The minimum absolute atomic E-state index is 0.689. The van der Waals surface area contributed by atoms with Crippen LogP contribution in [0.3, 0.4) is 0 Å². The number of nitrogens with zero attached hydrogens (tertiary/aromatic N) is 2. The predicted molar refractivity (Wildman–Crippen MR) is 59.6 cm³/mol. The predicted octanol–water partition coefficient (Wildman–Crippen LogP) is 1.10. The van der Waals surface area contributed by atoms with Gasteiger partial charge in [0.15, 0.2) is 0 Å². The average molecular weight is 203 g/mol. The van der Waals surface area contributed by atoms with Gasteiger partial charge in [0, 0.05) is 25.8 Å². The standard InChI is InChI=1S/C12H17N3/c1-15-7-11-4-10(6-14-12(11)8-15)9-2-3-13-5-9/h4,6,9,13H,2-3,5,7-8H2,1H3. The van der Waals surface area contributed by atoms with E-state index in [0.29, 0.717) is 5.92 Å². The van der Waals surface area contributed by atoms with Crippen molar-refractivity contribution in [2.75, 3.05) is 20.1 Å². The minimum Gasteiger partial charge on any atom is -0.316 e. The van der Waals surface area contributed by atoms with E-state index in [1.165, 1.54) is 23.2 Å². The zero-order chi connectivity index (χ0) is 10.3. The molecule has 0 amide bonds. The highest BCUT2D eigenvalue weighted by atomic mass is 15.1. The second-order valence-corrected chi connectivity index (χ2v) is 4.74. The van der Waals surface area contributed by atoms with E-state index in [0.717, 1.165) is 26.2 Å². The summed E-state index contributed by atoms with van der Waals surface area (Å²) in [7, 11) is 2.15. The quantitative estimate of drug-likeness (QED) is 0.741. The SMILES string of the molecule is CN1Cc2cc(C3CCNC3)cnc2C1. The van der Waals surface area contributed by atoms with Crippen LogP contribution in [0.15, 0.2) is 12.3 Å². The molecule has 0 radical (unpaired) electrons. The zero-order valence-corrected chi connectivity index (χ0v) is 9.16. The van der Waals surface area contributed by atoms with Gasteiger partial charge < -0.3 is 5.32 Å². The lowest BCUT2D eigenvalue weighted by Gasteiger charge is -2.09. The fourth-order valence-corrected chi connectivity index (χ4v) is 2.60. The van der Waals surface area contributed by atoms with Gasteiger partial charge in [-0.05, 0) is 37.1 Å². The number of nitrogens with one attached hydrogen (secondary N) is 1. The van der Waals surface area contributed by atoms with Crippen molar-refractivity contribution in [3.8, 4) is 0 Å². The van der Waals surface area contributed by atoms with Gasteiger partial charge in [-0.1, -0.05) is 6.07 Å². The van der Waals surface area contributed by atoms with Crippen LogP contribution in [0.25, 0.3) is 0 Å². The summed E-state index contributed by atoms with van der Waals surface area (Å²) in [6.45, 7) is 4.35. The van der Waals surface area contributed by atoms with Gasteiger partial charge in [-0.15, -0.1) is 0 Å². The summed E-state index contributed by atoms with van der Waals surface area (Å²) in [5.41, 5.74) is 4.13. The third-order valence-electron chi connectivity index (χ3n) is 3.47. The fourth-order valence-electron chi connectivity index (χ4n) is 2.60. The molecule has 80 valence electrons. The topological polar surface area (TPSA) is 28.2 Å². The number of fused-ring (bicyclic) bond motifs is 1. The van der Waals surface area contributed by atoms with Gasteiger partial charge in [0.05, 0.1) is 5.69 Å². The van der Waals surface area contributed by atoms with Crippen LogP contribution >= 0.6 is 0 Å². The summed E-state index contributed by atoms with van der Waals surface area (Å²) >= 11 is 0. The van der Waals surface area contributed by atoms with Gasteiger partial charge >= 0.3 is 0 Å². The molecular formula is C12H17N3. The molecule has 1 N–H and O–H groups in total. The smallest absolute Gasteiger partial charge is 0.0589 e. The molecule has 0 saturated carbocycles. The van der Waals surface area contributed by atoms with Gasteiger partial charge in [0.1, 0.15) is 0 Å². The van der Waals surface area contributed by atoms with Crippen LogP contribution < -0.4 is 5.32 Å². The normalized spacial score (nSPS) is 25.8. The molecule has 1 aromatic rings. The van der Waals surface area contributed by atoms with Crippen molar-refractivity contribution >= 4 is 0 Å². The number of hydrogen-bond donors (Lipinski definition) is 1. The summed E-state index contributed by atoms with van der Waals surface area (Å²) in [5.74, 6) is 0.689. The third-order valence-corrected chi connectivity index (χ3v) is 3.47. The van der Waals surface area contributed by atoms with E-state index in [-0.39, 0.29) is 0 Å². The molecule has 1 unspecified atom stereocenters. The highest BCUT2D eigenvalue weighted by Gasteiger charge is 2.21. The summed E-state index contributed by atoms with van der Waals surface area (Å²) in [5, 5.41) is 3.41. The Balaban J connectivity index is 1.89. The van der Waals surface area contributed by atoms with E-state index in [1.54, 1.807) is 0 Å². The van der Waals surface area contributed by atoms with Gasteiger partial charge in [-0.25, -0.2) is 0 Å². The van der Waals surface area contributed by atoms with Gasteiger partial charge in [-0.2, -0.15) is 0 Å². The minimum atomic E-state index is 0.689. The van der Waals surface area contributed by atoms with Crippen LogP contribution in [0.2, 0.25) is 0 Å². The monoisotopic (exact) mass is 203 g/mol. The van der Waals surface area contributed by atoms with E-state index in [4.69, 9.17) is 0 Å². The van der Waals surface area contributed by atoms with E-state index >= 15 is 0 Å². The molecule has 3 rings (SSSR count). The molecule has 0 bridgehead atoms. The largest absolute Gasteiger partial charge is 0.316 e. The van der Waals surface area contributed by atoms with Crippen molar-refractivity contribution < 1.29 is 0 Å². The van der Waals surface area contributed by atoms with Gasteiger partial charge in [0.25, 0.3) is 0 Å². The zero-order valence-electron chi connectivity index (χ0n) is 9.16. The molecular weight excluding hydrogens is 186 g/mol. The van der Waals surface area contributed by atoms with Crippen LogP contribution in [0.5, 0.6) is 0 Å². The van der Waals surface area contributed by atoms with Crippen molar-refractivity contribution in [2.24, 2.45) is 0 Å². The molecule has 15 heavy (non-hydrogen) atoms. The van der Waals surface area contributed by atoms with Crippen LogP contribution in [0, 0.1) is 0 Å². The maximum Gasteiger partial charge on any atom is 0.0589 e. The Bertz CT molecular complexity index is 369. The molecule has 1 fully saturated rings. The first-order valence-electron chi connectivity index (χ1n) is 5.70. The molecule has 1 aromatic heterocycles. The third kappa shape index (κ3) is 1.66. The molecule has 0 aromatic carbocycles. The van der Waals surface area contributed by atoms with E-state index < -0.39 is 0 Å². The molecule has 1 saturated heterocycles. The summed E-state index contributed by atoms with van der Waals surface area (Å²) in [6, 6.07) is 2.36. The second kappa shape index (κ2) is 3.58. The fraction of sp³-hybridized carbons (Fsp3) is 0.583. The van der Waals surface area contributed by atoms with Crippen molar-refractivity contribution in [1.82, 2.24) is 15.2 Å². The molecule has 2 aliphatic rings. The van der Waals surface area contributed by atoms with E-state index in [9.17, 15) is 0 Å². The Morgan fingerprint density at radius 2 is 2.40 bits per heavy atom. The van der Waals surface area contributed by atoms with Crippen molar-refractivity contribution in [3.05, 3.63) is 29.1 Å². The molecule has 0 aliphatic carbocycles. The number of aromatic nitrogens is 1. The Kier molecular flexibility index (Phi) is 2.22. The number of hydrogen-bond acceptors (Lipinski definition) is 3. The molecule has 1 atom stereocenters. The average Bonchev–Trinajstić information content (AvgIpc) is 2.82.